The molecule has 3 atom stereocenters. The standard InChI is InChI=1S/C32H32N4O4/c1-20(33-30(38)21(2)35-32(40)27-14-13-24-11-7-8-12-26(24)19-27)29(37)34-22(3)31(39)36-28-17-15-25(16-18-28)23-9-5-4-6-10-23/h4-22H,1-3H3,(H,33,38)(H,34,37)(H,35,40)(H,36,39)/t20-,21-,22-/m0/s1. The number of rotatable bonds is 9. The Kier molecular flexibility index (Phi) is 8.91. The maximum Gasteiger partial charge on any atom is 0.251 e. The third kappa shape index (κ3) is 7.11. The summed E-state index contributed by atoms with van der Waals surface area (Å²) < 4.78 is 0. The number of hydrogen-bond donors (Lipinski definition) is 4. The maximum absolute atomic E-state index is 12.7. The predicted octanol–water partition coefficient (Wildman–Crippen LogP) is 4.27. The minimum absolute atomic E-state index is 0.393. The van der Waals surface area contributed by atoms with Crippen molar-refractivity contribution in [2.75, 3.05) is 5.32 Å². The van der Waals surface area contributed by atoms with Crippen molar-refractivity contribution in [3.05, 3.63) is 103 Å². The molecule has 0 radical (unpaired) electrons. The fraction of sp³-hybridized carbons (Fsp3) is 0.188. The molecule has 0 saturated heterocycles. The quantitative estimate of drug-likeness (QED) is 0.256. The highest BCUT2D eigenvalue weighted by atomic mass is 16.2. The van der Waals surface area contributed by atoms with Gasteiger partial charge in [-0.15, -0.1) is 0 Å². The van der Waals surface area contributed by atoms with Crippen LogP contribution in [0.5, 0.6) is 0 Å². The van der Waals surface area contributed by atoms with Gasteiger partial charge in [0.2, 0.25) is 17.7 Å². The second-order valence-corrected chi connectivity index (χ2v) is 9.65. The van der Waals surface area contributed by atoms with Crippen molar-refractivity contribution < 1.29 is 19.2 Å². The zero-order valence-electron chi connectivity index (χ0n) is 22.6. The van der Waals surface area contributed by atoms with E-state index in [1.54, 1.807) is 31.2 Å². The molecule has 0 aromatic heterocycles. The molecule has 0 fully saturated rings. The first kappa shape index (κ1) is 28.0. The molecule has 4 rings (SSSR count). The largest absolute Gasteiger partial charge is 0.343 e. The molecular weight excluding hydrogens is 504 g/mol. The summed E-state index contributed by atoms with van der Waals surface area (Å²) in [4.78, 5) is 50.6. The lowest BCUT2D eigenvalue weighted by molar-refractivity contribution is -0.130. The molecule has 0 aliphatic rings. The lowest BCUT2D eigenvalue weighted by Gasteiger charge is -2.20. The average molecular weight is 537 g/mol. The van der Waals surface area contributed by atoms with Gasteiger partial charge in [0.05, 0.1) is 0 Å². The monoisotopic (exact) mass is 536 g/mol. The highest BCUT2D eigenvalue weighted by molar-refractivity contribution is 6.01. The van der Waals surface area contributed by atoms with Gasteiger partial charge in [0.15, 0.2) is 0 Å². The van der Waals surface area contributed by atoms with E-state index in [1.165, 1.54) is 13.8 Å². The zero-order valence-corrected chi connectivity index (χ0v) is 22.6. The molecule has 0 saturated carbocycles. The molecule has 4 aromatic carbocycles. The molecule has 40 heavy (non-hydrogen) atoms. The van der Waals surface area contributed by atoms with Crippen molar-refractivity contribution in [3.63, 3.8) is 0 Å². The van der Waals surface area contributed by atoms with Gasteiger partial charge >= 0.3 is 0 Å². The van der Waals surface area contributed by atoms with E-state index in [0.717, 1.165) is 21.9 Å². The zero-order chi connectivity index (χ0) is 28.6. The minimum atomic E-state index is -0.923. The topological polar surface area (TPSA) is 116 Å². The second kappa shape index (κ2) is 12.7. The molecule has 0 aliphatic carbocycles. The average Bonchev–Trinajstić information content (AvgIpc) is 2.97. The van der Waals surface area contributed by atoms with Crippen LogP contribution in [-0.2, 0) is 14.4 Å². The van der Waals surface area contributed by atoms with E-state index >= 15 is 0 Å². The van der Waals surface area contributed by atoms with Gasteiger partial charge in [-0.2, -0.15) is 0 Å². The van der Waals surface area contributed by atoms with Gasteiger partial charge in [0.1, 0.15) is 18.1 Å². The Morgan fingerprint density at radius 3 is 1.70 bits per heavy atom. The number of fused-ring (bicyclic) bond motifs is 1. The highest BCUT2D eigenvalue weighted by Crippen LogP contribution is 2.21. The predicted molar refractivity (Wildman–Crippen MR) is 157 cm³/mol. The number of carbonyl (C=O) groups excluding carboxylic acids is 4. The maximum atomic E-state index is 12.7. The lowest BCUT2D eigenvalue weighted by Crippen LogP contribution is -2.54. The van der Waals surface area contributed by atoms with Gasteiger partial charge in [0.25, 0.3) is 5.91 Å². The smallest absolute Gasteiger partial charge is 0.251 e. The molecule has 0 unspecified atom stereocenters. The van der Waals surface area contributed by atoms with Crippen LogP contribution < -0.4 is 21.3 Å². The molecule has 4 N–H and O–H groups in total. The lowest BCUT2D eigenvalue weighted by atomic mass is 10.1. The third-order valence-electron chi connectivity index (χ3n) is 6.52. The van der Waals surface area contributed by atoms with Crippen LogP contribution in [0.15, 0.2) is 97.1 Å². The Labute approximate surface area is 233 Å². The van der Waals surface area contributed by atoms with Crippen molar-refractivity contribution >= 4 is 40.1 Å². The van der Waals surface area contributed by atoms with Crippen molar-refractivity contribution in [1.29, 1.82) is 0 Å². The number of nitrogens with one attached hydrogen (secondary N) is 4. The third-order valence-corrected chi connectivity index (χ3v) is 6.52. The van der Waals surface area contributed by atoms with Crippen molar-refractivity contribution in [3.8, 4) is 11.1 Å². The molecule has 4 aromatic rings. The summed E-state index contributed by atoms with van der Waals surface area (Å²) in [5.74, 6) is -1.83. The van der Waals surface area contributed by atoms with E-state index in [4.69, 9.17) is 0 Å². The Bertz CT molecular complexity index is 1520. The highest BCUT2D eigenvalue weighted by Gasteiger charge is 2.24. The van der Waals surface area contributed by atoms with E-state index in [1.807, 2.05) is 72.8 Å². The fourth-order valence-electron chi connectivity index (χ4n) is 4.11. The second-order valence-electron chi connectivity index (χ2n) is 9.65. The van der Waals surface area contributed by atoms with Crippen LogP contribution in [0, 0.1) is 0 Å². The Morgan fingerprint density at radius 2 is 1.05 bits per heavy atom. The number of hydrogen-bond acceptors (Lipinski definition) is 4. The van der Waals surface area contributed by atoms with Gasteiger partial charge in [-0.3, -0.25) is 19.2 Å². The number of carbonyl (C=O) groups is 4. The summed E-state index contributed by atoms with van der Waals surface area (Å²) in [5, 5.41) is 12.6. The molecule has 0 heterocycles. The molecule has 0 bridgehead atoms. The van der Waals surface area contributed by atoms with Crippen LogP contribution in [0.25, 0.3) is 21.9 Å². The molecule has 8 heteroatoms. The van der Waals surface area contributed by atoms with E-state index in [2.05, 4.69) is 21.3 Å². The molecule has 4 amide bonds. The summed E-state index contributed by atoms with van der Waals surface area (Å²) in [7, 11) is 0. The van der Waals surface area contributed by atoms with Gasteiger partial charge < -0.3 is 21.3 Å². The van der Waals surface area contributed by atoms with Crippen LogP contribution in [-0.4, -0.2) is 41.8 Å². The van der Waals surface area contributed by atoms with E-state index in [9.17, 15) is 19.2 Å². The van der Waals surface area contributed by atoms with Crippen LogP contribution in [0.2, 0.25) is 0 Å². The summed E-state index contributed by atoms with van der Waals surface area (Å²) in [6, 6.07) is 27.6. The van der Waals surface area contributed by atoms with Crippen LogP contribution >= 0.6 is 0 Å². The van der Waals surface area contributed by atoms with Crippen molar-refractivity contribution in [2.24, 2.45) is 0 Å². The normalized spacial score (nSPS) is 13.0. The van der Waals surface area contributed by atoms with Crippen LogP contribution in [0.1, 0.15) is 31.1 Å². The molecule has 0 spiro atoms. The van der Waals surface area contributed by atoms with Gasteiger partial charge in [-0.05, 0) is 66.9 Å². The van der Waals surface area contributed by atoms with Gasteiger partial charge in [-0.25, -0.2) is 0 Å². The molecule has 8 nitrogen and oxygen atoms in total. The molecular formula is C32H32N4O4. The summed E-state index contributed by atoms with van der Waals surface area (Å²) in [5.41, 5.74) is 3.12. The van der Waals surface area contributed by atoms with Gasteiger partial charge in [-0.1, -0.05) is 72.8 Å². The fourth-order valence-corrected chi connectivity index (χ4v) is 4.11. The minimum Gasteiger partial charge on any atom is -0.343 e. The Morgan fingerprint density at radius 1 is 0.525 bits per heavy atom. The van der Waals surface area contributed by atoms with Crippen LogP contribution in [0.3, 0.4) is 0 Å². The molecule has 0 aliphatic heterocycles. The Balaban J connectivity index is 1.24. The number of benzene rings is 4. The van der Waals surface area contributed by atoms with Gasteiger partial charge in [0, 0.05) is 11.3 Å². The number of anilines is 1. The van der Waals surface area contributed by atoms with Crippen LogP contribution in [0.4, 0.5) is 5.69 Å². The van der Waals surface area contributed by atoms with Crippen molar-refractivity contribution in [1.82, 2.24) is 16.0 Å². The van der Waals surface area contributed by atoms with Crippen molar-refractivity contribution in [2.45, 2.75) is 38.9 Å². The first-order valence-electron chi connectivity index (χ1n) is 13.1. The van der Waals surface area contributed by atoms with E-state index < -0.39 is 41.8 Å². The SMILES string of the molecule is C[C@H](NC(=O)c1ccc2ccccc2c1)C(=O)N[C@@H](C)C(=O)N[C@@H](C)C(=O)Nc1ccc(-c2ccccc2)cc1. The summed E-state index contributed by atoms with van der Waals surface area (Å²) >= 11 is 0. The number of amides is 4. The first-order valence-corrected chi connectivity index (χ1v) is 13.1. The summed E-state index contributed by atoms with van der Waals surface area (Å²) in [6.07, 6.45) is 0. The Hall–Kier alpha value is -4.98. The van der Waals surface area contributed by atoms with E-state index in [0.29, 0.717) is 11.3 Å². The first-order chi connectivity index (χ1) is 19.2. The van der Waals surface area contributed by atoms with E-state index in [-0.39, 0.29) is 0 Å². The molecule has 204 valence electrons. The summed E-state index contributed by atoms with van der Waals surface area (Å²) in [6.45, 7) is 4.61.